The summed E-state index contributed by atoms with van der Waals surface area (Å²) in [5.74, 6) is 0.818. The number of hydrogen-bond acceptors (Lipinski definition) is 6. The van der Waals surface area contributed by atoms with Gasteiger partial charge in [-0.1, -0.05) is 0 Å². The summed E-state index contributed by atoms with van der Waals surface area (Å²) in [5.41, 5.74) is 2.19. The zero-order chi connectivity index (χ0) is 13.4. The highest BCUT2D eigenvalue weighted by Gasteiger charge is 2.13. The predicted octanol–water partition coefficient (Wildman–Crippen LogP) is 2.07. The monoisotopic (exact) mass is 286 g/mol. The second-order valence-corrected chi connectivity index (χ2v) is 6.18. The molecule has 3 heterocycles. The highest BCUT2D eigenvalue weighted by Crippen LogP contribution is 2.29. The lowest BCUT2D eigenvalue weighted by Gasteiger charge is -2.08. The van der Waals surface area contributed by atoms with Gasteiger partial charge in [0.05, 0.1) is 18.9 Å². The molecule has 0 bridgehead atoms. The van der Waals surface area contributed by atoms with Crippen molar-refractivity contribution in [3.8, 4) is 0 Å². The molecule has 0 aliphatic heterocycles. The predicted molar refractivity (Wildman–Crippen MR) is 76.9 cm³/mol. The van der Waals surface area contributed by atoms with Crippen LogP contribution >= 0.6 is 11.3 Å². The molecular formula is C13H14N6S. The lowest BCUT2D eigenvalue weighted by atomic mass is 9.99. The maximum absolute atomic E-state index is 4.14. The largest absolute Gasteiger partial charge is 0.364 e. The van der Waals surface area contributed by atoms with Crippen molar-refractivity contribution in [2.24, 2.45) is 0 Å². The SMILES string of the molecule is c1c(CNc2cncc3nnnn23)sc2c1CCCC2. The summed E-state index contributed by atoms with van der Waals surface area (Å²) in [6.07, 6.45) is 8.52. The van der Waals surface area contributed by atoms with Gasteiger partial charge in [-0.3, -0.25) is 4.98 Å². The van der Waals surface area contributed by atoms with E-state index in [9.17, 15) is 0 Å². The van der Waals surface area contributed by atoms with Crippen LogP contribution in [-0.4, -0.2) is 25.0 Å². The first kappa shape index (κ1) is 11.8. The Bertz CT molecular complexity index is 723. The van der Waals surface area contributed by atoms with Crippen LogP contribution in [-0.2, 0) is 19.4 Å². The van der Waals surface area contributed by atoms with E-state index in [2.05, 4.69) is 31.9 Å². The van der Waals surface area contributed by atoms with Gasteiger partial charge in [-0.05, 0) is 47.7 Å². The fourth-order valence-electron chi connectivity index (χ4n) is 2.61. The Hall–Kier alpha value is -2.02. The molecule has 0 saturated carbocycles. The minimum Gasteiger partial charge on any atom is -0.364 e. The first-order valence-electron chi connectivity index (χ1n) is 6.76. The average Bonchev–Trinajstić information content (AvgIpc) is 3.11. The Morgan fingerprint density at radius 3 is 3.15 bits per heavy atom. The number of hydrogen-bond donors (Lipinski definition) is 1. The molecular weight excluding hydrogens is 272 g/mol. The van der Waals surface area contributed by atoms with Crippen molar-refractivity contribution in [1.29, 1.82) is 0 Å². The van der Waals surface area contributed by atoms with Gasteiger partial charge in [0.15, 0.2) is 11.5 Å². The summed E-state index contributed by atoms with van der Waals surface area (Å²) < 4.78 is 1.67. The molecule has 1 aliphatic carbocycles. The van der Waals surface area contributed by atoms with Gasteiger partial charge in [0, 0.05) is 9.75 Å². The van der Waals surface area contributed by atoms with Crippen molar-refractivity contribution in [3.63, 3.8) is 0 Å². The van der Waals surface area contributed by atoms with E-state index in [1.165, 1.54) is 36.1 Å². The number of nitrogens with zero attached hydrogens (tertiary/aromatic N) is 5. The van der Waals surface area contributed by atoms with Crippen LogP contribution in [0, 0.1) is 0 Å². The average molecular weight is 286 g/mol. The summed E-state index contributed by atoms with van der Waals surface area (Å²) in [7, 11) is 0. The molecule has 0 fully saturated rings. The van der Waals surface area contributed by atoms with Crippen LogP contribution in [0.1, 0.15) is 28.2 Å². The first-order valence-corrected chi connectivity index (χ1v) is 7.58. The molecule has 0 spiro atoms. The van der Waals surface area contributed by atoms with Crippen molar-refractivity contribution in [2.75, 3.05) is 5.32 Å². The van der Waals surface area contributed by atoms with Crippen LogP contribution in [0.15, 0.2) is 18.5 Å². The molecule has 7 heteroatoms. The molecule has 4 rings (SSSR count). The van der Waals surface area contributed by atoms with E-state index in [4.69, 9.17) is 0 Å². The molecule has 3 aromatic rings. The smallest absolute Gasteiger partial charge is 0.199 e. The lowest BCUT2D eigenvalue weighted by Crippen LogP contribution is -2.04. The van der Waals surface area contributed by atoms with Gasteiger partial charge in [-0.25, -0.2) is 0 Å². The highest BCUT2D eigenvalue weighted by atomic mass is 32.1. The summed E-state index contributed by atoms with van der Waals surface area (Å²) >= 11 is 1.92. The maximum atomic E-state index is 4.14. The Morgan fingerprint density at radius 2 is 2.20 bits per heavy atom. The van der Waals surface area contributed by atoms with E-state index in [0.29, 0.717) is 5.65 Å². The van der Waals surface area contributed by atoms with Crippen LogP contribution in [0.3, 0.4) is 0 Å². The minimum atomic E-state index is 0.653. The standard InChI is InChI=1S/C13H14N6S/c1-2-4-11-9(3-1)5-10(20-11)6-15-12-7-14-8-13-16-17-18-19(12)13/h5,7-8,15H,1-4,6H2. The van der Waals surface area contributed by atoms with Gasteiger partial charge in [0.1, 0.15) is 0 Å². The Labute approximate surface area is 119 Å². The van der Waals surface area contributed by atoms with Crippen molar-refractivity contribution < 1.29 is 0 Å². The van der Waals surface area contributed by atoms with E-state index in [0.717, 1.165) is 12.4 Å². The van der Waals surface area contributed by atoms with E-state index < -0.39 is 0 Å². The van der Waals surface area contributed by atoms with Crippen LogP contribution in [0.2, 0.25) is 0 Å². The zero-order valence-electron chi connectivity index (χ0n) is 10.9. The Kier molecular flexibility index (Phi) is 2.84. The molecule has 0 amide bonds. The quantitative estimate of drug-likeness (QED) is 0.798. The normalized spacial score (nSPS) is 14.4. The van der Waals surface area contributed by atoms with E-state index in [1.807, 2.05) is 11.3 Å². The number of fused-ring (bicyclic) bond motifs is 2. The van der Waals surface area contributed by atoms with Gasteiger partial charge in [-0.2, -0.15) is 4.52 Å². The van der Waals surface area contributed by atoms with Crippen molar-refractivity contribution in [1.82, 2.24) is 25.0 Å². The van der Waals surface area contributed by atoms with Gasteiger partial charge in [0.25, 0.3) is 0 Å². The topological polar surface area (TPSA) is 68.0 Å². The maximum Gasteiger partial charge on any atom is 0.199 e. The second kappa shape index (κ2) is 4.82. The van der Waals surface area contributed by atoms with Crippen molar-refractivity contribution >= 4 is 22.8 Å². The molecule has 0 unspecified atom stereocenters. The summed E-state index contributed by atoms with van der Waals surface area (Å²) in [5, 5.41) is 14.9. The summed E-state index contributed by atoms with van der Waals surface area (Å²) in [6.45, 7) is 0.790. The summed E-state index contributed by atoms with van der Waals surface area (Å²) in [4.78, 5) is 7.06. The second-order valence-electron chi connectivity index (χ2n) is 4.96. The molecule has 20 heavy (non-hydrogen) atoms. The third kappa shape index (κ3) is 2.03. The van der Waals surface area contributed by atoms with E-state index in [-0.39, 0.29) is 0 Å². The third-order valence-corrected chi connectivity index (χ3v) is 4.84. The summed E-state index contributed by atoms with van der Waals surface area (Å²) in [6, 6.07) is 2.33. The number of anilines is 1. The van der Waals surface area contributed by atoms with Crippen molar-refractivity contribution in [2.45, 2.75) is 32.2 Å². The van der Waals surface area contributed by atoms with E-state index >= 15 is 0 Å². The molecule has 0 aromatic carbocycles. The highest BCUT2D eigenvalue weighted by molar-refractivity contribution is 7.12. The Balaban J connectivity index is 1.55. The van der Waals surface area contributed by atoms with Gasteiger partial charge < -0.3 is 5.32 Å². The molecule has 0 saturated heterocycles. The van der Waals surface area contributed by atoms with Gasteiger partial charge in [-0.15, -0.1) is 16.4 Å². The van der Waals surface area contributed by atoms with Crippen LogP contribution in [0.25, 0.3) is 5.65 Å². The van der Waals surface area contributed by atoms with Crippen LogP contribution in [0.5, 0.6) is 0 Å². The van der Waals surface area contributed by atoms with Crippen molar-refractivity contribution in [3.05, 3.63) is 33.8 Å². The number of aryl methyl sites for hydroxylation is 2. The van der Waals surface area contributed by atoms with Gasteiger partial charge in [0.2, 0.25) is 0 Å². The number of tetrazole rings is 1. The number of rotatable bonds is 3. The molecule has 6 nitrogen and oxygen atoms in total. The molecule has 1 N–H and O–H groups in total. The lowest BCUT2D eigenvalue weighted by molar-refractivity contribution is 0.697. The molecule has 102 valence electrons. The fourth-order valence-corrected chi connectivity index (χ4v) is 3.81. The van der Waals surface area contributed by atoms with Crippen LogP contribution < -0.4 is 5.32 Å². The van der Waals surface area contributed by atoms with Gasteiger partial charge >= 0.3 is 0 Å². The number of aromatic nitrogens is 5. The molecule has 3 aromatic heterocycles. The third-order valence-electron chi connectivity index (χ3n) is 3.60. The van der Waals surface area contributed by atoms with E-state index in [1.54, 1.807) is 21.8 Å². The minimum absolute atomic E-state index is 0.653. The molecule has 0 atom stereocenters. The van der Waals surface area contributed by atoms with Crippen LogP contribution in [0.4, 0.5) is 5.82 Å². The zero-order valence-corrected chi connectivity index (χ0v) is 11.7. The molecule has 0 radical (unpaired) electrons. The Morgan fingerprint density at radius 1 is 1.25 bits per heavy atom. The number of thiophene rings is 1. The number of nitrogens with one attached hydrogen (secondary N) is 1. The molecule has 1 aliphatic rings. The fraction of sp³-hybridized carbons (Fsp3) is 0.385. The first-order chi connectivity index (χ1) is 9.90.